The van der Waals surface area contributed by atoms with E-state index in [1.807, 2.05) is 0 Å². The lowest BCUT2D eigenvalue weighted by Crippen LogP contribution is -2.50. The Bertz CT molecular complexity index is 1120. The first-order valence-corrected chi connectivity index (χ1v) is 10.2. The highest BCUT2D eigenvalue weighted by Crippen LogP contribution is 2.50. The van der Waals surface area contributed by atoms with E-state index >= 15 is 0 Å². The van der Waals surface area contributed by atoms with E-state index in [-0.39, 0.29) is 0 Å². The number of hydrogen-bond acceptors (Lipinski definition) is 1. The van der Waals surface area contributed by atoms with Crippen molar-refractivity contribution in [1.82, 2.24) is 4.98 Å². The summed E-state index contributed by atoms with van der Waals surface area (Å²) in [5, 5.41) is 4.35. The molecule has 1 nitrogen and oxygen atoms in total. The van der Waals surface area contributed by atoms with Gasteiger partial charge in [-0.1, -0.05) is 21.9 Å². The Morgan fingerprint density at radius 2 is 1.12 bits per heavy atom. The second-order valence-corrected chi connectivity index (χ2v) is 8.90. The molecule has 1 heterocycles. The van der Waals surface area contributed by atoms with Crippen LogP contribution in [0.4, 0.5) is 0 Å². The van der Waals surface area contributed by atoms with Gasteiger partial charge in [0.1, 0.15) is 47.1 Å². The predicted molar refractivity (Wildman–Crippen MR) is 132 cm³/mol. The van der Waals surface area contributed by atoms with Gasteiger partial charge in [-0.25, -0.2) is 0 Å². The molecule has 0 unspecified atom stereocenters. The second-order valence-electron chi connectivity index (χ2n) is 8.90. The number of hydrogen-bond donors (Lipinski definition) is 0. The maximum Gasteiger partial charge on any atom is 0.139 e. The van der Waals surface area contributed by atoms with E-state index in [9.17, 15) is 0 Å². The zero-order chi connectivity index (χ0) is 18.3. The van der Waals surface area contributed by atoms with Crippen LogP contribution in [0.1, 0.15) is 48.6 Å². The Kier molecular flexibility index (Phi) is 3.52. The molecule has 3 aliphatic carbocycles. The van der Waals surface area contributed by atoms with Crippen molar-refractivity contribution in [2.75, 3.05) is 0 Å². The minimum Gasteiger partial charge on any atom is -0.255 e. The van der Waals surface area contributed by atoms with Crippen LogP contribution < -0.4 is 32.8 Å². The normalized spacial score (nSPS) is 21.4. The van der Waals surface area contributed by atoms with Crippen molar-refractivity contribution in [3.8, 4) is 0 Å². The Labute approximate surface area is 161 Å². The zero-order valence-electron chi connectivity index (χ0n) is 17.0. The van der Waals surface area contributed by atoms with Gasteiger partial charge in [0.15, 0.2) is 0 Å². The fourth-order valence-corrected chi connectivity index (χ4v) is 6.02. The van der Waals surface area contributed by atoms with Gasteiger partial charge in [-0.2, -0.15) is 0 Å². The zero-order valence-corrected chi connectivity index (χ0v) is 17.0. The molecule has 1 saturated carbocycles. The van der Waals surface area contributed by atoms with Crippen LogP contribution >= 0.6 is 0 Å². The van der Waals surface area contributed by atoms with Crippen LogP contribution in [-0.2, 0) is 0 Å². The third-order valence-electron chi connectivity index (χ3n) is 7.96. The first-order chi connectivity index (χ1) is 12.4. The van der Waals surface area contributed by atoms with Crippen molar-refractivity contribution in [3.63, 3.8) is 0 Å². The summed E-state index contributed by atoms with van der Waals surface area (Å²) in [6, 6.07) is 0. The fourth-order valence-electron chi connectivity index (χ4n) is 6.02. The molecule has 1 aromatic heterocycles. The van der Waals surface area contributed by atoms with Gasteiger partial charge in [0.25, 0.3) is 0 Å². The summed E-state index contributed by atoms with van der Waals surface area (Å²) in [4.78, 5) is 5.12. The molecule has 6 rings (SSSR count). The molecule has 1 fully saturated rings. The van der Waals surface area contributed by atoms with E-state index in [4.69, 9.17) is 4.98 Å². The van der Waals surface area contributed by atoms with Crippen LogP contribution in [0, 0.1) is 0 Å². The molecule has 3 aromatic rings. The molecular weight excluding hydrogens is 307 g/mol. The molecule has 0 radical (unpaired) electrons. The SMILES string of the molecule is Bc1c(B)c(B)c2c(c1B)c(B)c(B)c1c3c(cnc12)C1CCC3CC1. The van der Waals surface area contributed by atoms with Crippen molar-refractivity contribution < 1.29 is 0 Å². The Morgan fingerprint density at radius 1 is 0.615 bits per heavy atom. The average Bonchev–Trinajstić information content (AvgIpc) is 2.67. The average molecular weight is 330 g/mol. The summed E-state index contributed by atoms with van der Waals surface area (Å²) >= 11 is 0. The maximum absolute atomic E-state index is 5.12. The highest BCUT2D eigenvalue weighted by atomic mass is 14.7. The van der Waals surface area contributed by atoms with E-state index in [0.29, 0.717) is 0 Å². The summed E-state index contributed by atoms with van der Waals surface area (Å²) < 4.78 is 0. The lowest BCUT2D eigenvalue weighted by Gasteiger charge is -2.39. The smallest absolute Gasteiger partial charge is 0.139 e. The Balaban J connectivity index is 2.05. The second kappa shape index (κ2) is 5.50. The minimum atomic E-state index is 0.754. The third-order valence-corrected chi connectivity index (χ3v) is 7.96. The van der Waals surface area contributed by atoms with E-state index < -0.39 is 0 Å². The van der Waals surface area contributed by atoms with Crippen molar-refractivity contribution in [3.05, 3.63) is 17.3 Å². The van der Waals surface area contributed by atoms with Gasteiger partial charge < -0.3 is 0 Å². The Hall–Kier alpha value is -1.50. The van der Waals surface area contributed by atoms with E-state index in [1.165, 1.54) is 80.1 Å². The van der Waals surface area contributed by atoms with Crippen molar-refractivity contribution in [2.24, 2.45) is 0 Å². The number of pyridine rings is 1. The van der Waals surface area contributed by atoms with Crippen LogP contribution in [0.2, 0.25) is 0 Å². The lowest BCUT2D eigenvalue weighted by atomic mass is 9.60. The van der Waals surface area contributed by atoms with Gasteiger partial charge in [-0.3, -0.25) is 4.98 Å². The van der Waals surface area contributed by atoms with E-state index in [1.54, 1.807) is 11.1 Å². The topological polar surface area (TPSA) is 12.9 Å². The quantitative estimate of drug-likeness (QED) is 0.296. The molecule has 7 heteroatoms. The maximum atomic E-state index is 5.12. The van der Waals surface area contributed by atoms with Crippen LogP contribution in [0.15, 0.2) is 6.20 Å². The fraction of sp³-hybridized carbons (Fsp3) is 0.316. The van der Waals surface area contributed by atoms with Gasteiger partial charge >= 0.3 is 0 Å². The van der Waals surface area contributed by atoms with Crippen LogP contribution in [0.3, 0.4) is 0 Å². The Morgan fingerprint density at radius 3 is 1.77 bits per heavy atom. The van der Waals surface area contributed by atoms with Crippen molar-refractivity contribution in [2.45, 2.75) is 37.5 Å². The molecule has 2 bridgehead atoms. The predicted octanol–water partition coefficient (Wildman–Crippen LogP) is -5.31. The van der Waals surface area contributed by atoms with Crippen molar-refractivity contribution in [1.29, 1.82) is 0 Å². The third kappa shape index (κ3) is 1.93. The van der Waals surface area contributed by atoms with Gasteiger partial charge in [-0.05, 0) is 64.8 Å². The first kappa shape index (κ1) is 16.7. The van der Waals surface area contributed by atoms with Gasteiger partial charge in [0, 0.05) is 6.20 Å². The molecule has 0 amide bonds. The van der Waals surface area contributed by atoms with Crippen LogP contribution in [0.25, 0.3) is 21.7 Å². The largest absolute Gasteiger partial charge is 0.255 e. The number of nitrogens with zero attached hydrogens (tertiary/aromatic N) is 1. The number of rotatable bonds is 0. The van der Waals surface area contributed by atoms with E-state index in [0.717, 1.165) is 11.8 Å². The molecule has 3 aliphatic rings. The molecule has 0 saturated heterocycles. The molecular formula is C19H23B6N. The van der Waals surface area contributed by atoms with E-state index in [2.05, 4.69) is 53.3 Å². The summed E-state index contributed by atoms with van der Waals surface area (Å²) in [6.45, 7) is 0. The van der Waals surface area contributed by atoms with Crippen molar-refractivity contribution >= 4 is 102 Å². The standard InChI is InChI=1S/C19H23B6N/c20-13-10-12(16(23)18(25)17(24)14(10)21)19-11(15(13)22)9-7-3-1-6(2-4-7)8(9)5-26-19/h5-7H,1-4,20-25H2. The molecule has 0 atom stereocenters. The summed E-state index contributed by atoms with van der Waals surface area (Å²) in [6.07, 6.45) is 7.72. The molecule has 0 N–H and O–H groups in total. The molecule has 0 spiro atoms. The summed E-state index contributed by atoms with van der Waals surface area (Å²) in [5.41, 5.74) is 13.2. The number of aromatic nitrogens is 1. The van der Waals surface area contributed by atoms with Gasteiger partial charge in [-0.15, -0.1) is 10.9 Å². The lowest BCUT2D eigenvalue weighted by molar-refractivity contribution is 0.360. The highest BCUT2D eigenvalue weighted by molar-refractivity contribution is 6.70. The minimum absolute atomic E-state index is 0.754. The van der Waals surface area contributed by atoms with Crippen LogP contribution in [-0.4, -0.2) is 52.1 Å². The molecule has 26 heavy (non-hydrogen) atoms. The molecule has 122 valence electrons. The number of benzene rings is 2. The van der Waals surface area contributed by atoms with Gasteiger partial charge in [0.05, 0.1) is 5.52 Å². The summed E-state index contributed by atoms with van der Waals surface area (Å²) in [5.74, 6) is 1.51. The molecule has 2 aromatic carbocycles. The monoisotopic (exact) mass is 331 g/mol. The molecule has 0 aliphatic heterocycles. The summed E-state index contributed by atoms with van der Waals surface area (Å²) in [7, 11) is 13.8. The highest BCUT2D eigenvalue weighted by Gasteiger charge is 2.35. The first-order valence-electron chi connectivity index (χ1n) is 10.2. The van der Waals surface area contributed by atoms with Gasteiger partial charge in [0.2, 0.25) is 0 Å². The van der Waals surface area contributed by atoms with Crippen LogP contribution in [0.5, 0.6) is 0 Å². The number of fused-ring (bicyclic) bond motifs is 5.